The minimum absolute atomic E-state index is 0.168. The Bertz CT molecular complexity index is 162. The van der Waals surface area contributed by atoms with E-state index in [-0.39, 0.29) is 11.5 Å². The van der Waals surface area contributed by atoms with Crippen molar-refractivity contribution in [2.75, 3.05) is 6.54 Å². The molecular weight excluding hydrogens is 166 g/mol. The average Bonchev–Trinajstić information content (AvgIpc) is 2.15. The quantitative estimate of drug-likeness (QED) is 0.499. The van der Waals surface area contributed by atoms with Crippen LogP contribution in [0.15, 0.2) is 0 Å². The molecule has 0 amide bonds. The first kappa shape index (κ1) is 10.5. The lowest BCUT2D eigenvalue weighted by Gasteiger charge is -2.26. The van der Waals surface area contributed by atoms with Crippen LogP contribution in [0.3, 0.4) is 0 Å². The van der Waals surface area contributed by atoms with Gasteiger partial charge in [0.2, 0.25) is 6.54 Å². The van der Waals surface area contributed by atoms with E-state index in [1.54, 1.807) is 0 Å². The fraction of sp³-hybridized carbons (Fsp3) is 1.00. The average molecular weight is 185 g/mol. The summed E-state index contributed by atoms with van der Waals surface area (Å²) >= 11 is 0. The monoisotopic (exact) mass is 185 g/mol. The van der Waals surface area contributed by atoms with Gasteiger partial charge in [0, 0.05) is 11.3 Å². The van der Waals surface area contributed by atoms with Crippen molar-refractivity contribution in [3.05, 3.63) is 10.1 Å². The molecule has 0 aromatic rings. The third-order valence-electron chi connectivity index (χ3n) is 3.26. The van der Waals surface area contributed by atoms with Crippen LogP contribution in [0.5, 0.6) is 0 Å². The van der Waals surface area contributed by atoms with Gasteiger partial charge in [0.15, 0.2) is 0 Å². The molecule has 13 heavy (non-hydrogen) atoms. The number of hydrogen-bond acceptors (Lipinski definition) is 2. The maximum atomic E-state index is 10.2. The normalized spacial score (nSPS) is 28.7. The highest BCUT2D eigenvalue weighted by Crippen LogP contribution is 2.32. The standard InChI is InChI=1S/C10H19NO2/c1-2-9-3-5-10(6-4-9)7-8-11(12)13/h9-10H,2-8H2,1H3. The first-order valence-corrected chi connectivity index (χ1v) is 5.34. The molecule has 0 aromatic carbocycles. The lowest BCUT2D eigenvalue weighted by molar-refractivity contribution is -0.481. The molecule has 3 nitrogen and oxygen atoms in total. The Balaban J connectivity index is 2.14. The molecule has 1 fully saturated rings. The maximum absolute atomic E-state index is 10.2. The zero-order valence-corrected chi connectivity index (χ0v) is 8.37. The topological polar surface area (TPSA) is 43.1 Å². The Morgan fingerprint density at radius 3 is 2.23 bits per heavy atom. The van der Waals surface area contributed by atoms with Gasteiger partial charge >= 0.3 is 0 Å². The van der Waals surface area contributed by atoms with Crippen LogP contribution in [0.1, 0.15) is 45.4 Å². The largest absolute Gasteiger partial charge is 0.265 e. The molecule has 0 aromatic heterocycles. The summed E-state index contributed by atoms with van der Waals surface area (Å²) in [6.45, 7) is 2.41. The molecule has 0 bridgehead atoms. The maximum Gasteiger partial charge on any atom is 0.204 e. The molecule has 1 aliphatic carbocycles. The van der Waals surface area contributed by atoms with E-state index in [4.69, 9.17) is 0 Å². The molecule has 0 saturated heterocycles. The van der Waals surface area contributed by atoms with Crippen molar-refractivity contribution in [1.29, 1.82) is 0 Å². The summed E-state index contributed by atoms with van der Waals surface area (Å²) in [6, 6.07) is 0. The first-order chi connectivity index (χ1) is 6.22. The van der Waals surface area contributed by atoms with E-state index in [0.717, 1.165) is 12.3 Å². The van der Waals surface area contributed by atoms with Gasteiger partial charge in [0.25, 0.3) is 0 Å². The number of rotatable bonds is 4. The van der Waals surface area contributed by atoms with Crippen molar-refractivity contribution in [2.24, 2.45) is 11.8 Å². The van der Waals surface area contributed by atoms with Crippen molar-refractivity contribution >= 4 is 0 Å². The van der Waals surface area contributed by atoms with Gasteiger partial charge < -0.3 is 0 Å². The fourth-order valence-electron chi connectivity index (χ4n) is 2.22. The van der Waals surface area contributed by atoms with Crippen molar-refractivity contribution in [3.8, 4) is 0 Å². The van der Waals surface area contributed by atoms with Gasteiger partial charge in [-0.15, -0.1) is 0 Å². The third-order valence-corrected chi connectivity index (χ3v) is 3.26. The van der Waals surface area contributed by atoms with Crippen molar-refractivity contribution < 1.29 is 4.92 Å². The molecule has 0 heterocycles. The van der Waals surface area contributed by atoms with E-state index < -0.39 is 0 Å². The SMILES string of the molecule is CCC1CCC(CC[N+](=O)[O-])CC1. The van der Waals surface area contributed by atoms with Crippen LogP contribution in [0.25, 0.3) is 0 Å². The summed E-state index contributed by atoms with van der Waals surface area (Å²) in [5.74, 6) is 1.53. The van der Waals surface area contributed by atoms with Crippen LogP contribution in [0.2, 0.25) is 0 Å². The summed E-state index contributed by atoms with van der Waals surface area (Å²) in [5, 5.41) is 10.2. The second kappa shape index (κ2) is 5.20. The second-order valence-electron chi connectivity index (χ2n) is 4.14. The third kappa shape index (κ3) is 3.75. The molecule has 0 atom stereocenters. The van der Waals surface area contributed by atoms with Crippen LogP contribution in [0.4, 0.5) is 0 Å². The number of hydrogen-bond donors (Lipinski definition) is 0. The van der Waals surface area contributed by atoms with E-state index in [9.17, 15) is 10.1 Å². The van der Waals surface area contributed by atoms with Gasteiger partial charge in [-0.3, -0.25) is 10.1 Å². The van der Waals surface area contributed by atoms with Crippen LogP contribution in [-0.4, -0.2) is 11.5 Å². The molecule has 0 spiro atoms. The highest BCUT2D eigenvalue weighted by molar-refractivity contribution is 4.71. The van der Waals surface area contributed by atoms with E-state index in [1.807, 2.05) is 0 Å². The molecule has 0 unspecified atom stereocenters. The molecule has 76 valence electrons. The van der Waals surface area contributed by atoms with Crippen LogP contribution in [-0.2, 0) is 0 Å². The summed E-state index contributed by atoms with van der Waals surface area (Å²) in [7, 11) is 0. The predicted molar refractivity (Wildman–Crippen MR) is 52.2 cm³/mol. The molecule has 0 N–H and O–H groups in total. The predicted octanol–water partition coefficient (Wildman–Crippen LogP) is 2.87. The minimum atomic E-state index is -0.189. The zero-order chi connectivity index (χ0) is 9.68. The van der Waals surface area contributed by atoms with Gasteiger partial charge in [0.1, 0.15) is 0 Å². The van der Waals surface area contributed by atoms with Gasteiger partial charge in [-0.2, -0.15) is 0 Å². The van der Waals surface area contributed by atoms with Crippen LogP contribution >= 0.6 is 0 Å². The second-order valence-corrected chi connectivity index (χ2v) is 4.14. The smallest absolute Gasteiger partial charge is 0.204 e. The van der Waals surface area contributed by atoms with Crippen LogP contribution < -0.4 is 0 Å². The fourth-order valence-corrected chi connectivity index (χ4v) is 2.22. The van der Waals surface area contributed by atoms with Crippen molar-refractivity contribution in [1.82, 2.24) is 0 Å². The van der Waals surface area contributed by atoms with Gasteiger partial charge in [-0.1, -0.05) is 26.2 Å². The minimum Gasteiger partial charge on any atom is -0.265 e. The van der Waals surface area contributed by atoms with E-state index in [1.165, 1.54) is 32.1 Å². The highest BCUT2D eigenvalue weighted by atomic mass is 16.6. The van der Waals surface area contributed by atoms with Gasteiger partial charge in [-0.25, -0.2) is 0 Å². The molecule has 0 aliphatic heterocycles. The highest BCUT2D eigenvalue weighted by Gasteiger charge is 2.20. The first-order valence-electron chi connectivity index (χ1n) is 5.34. The Morgan fingerprint density at radius 2 is 1.77 bits per heavy atom. The Labute approximate surface area is 79.7 Å². The molecule has 1 aliphatic rings. The van der Waals surface area contributed by atoms with Crippen molar-refractivity contribution in [3.63, 3.8) is 0 Å². The number of nitrogens with zero attached hydrogens (tertiary/aromatic N) is 1. The lowest BCUT2D eigenvalue weighted by atomic mass is 9.79. The zero-order valence-electron chi connectivity index (χ0n) is 8.37. The van der Waals surface area contributed by atoms with E-state index in [2.05, 4.69) is 6.92 Å². The summed E-state index contributed by atoms with van der Waals surface area (Å²) in [5.41, 5.74) is 0. The molecule has 0 radical (unpaired) electrons. The molecular formula is C10H19NO2. The summed E-state index contributed by atoms with van der Waals surface area (Å²) in [4.78, 5) is 9.98. The molecule has 1 saturated carbocycles. The number of nitro groups is 1. The Morgan fingerprint density at radius 1 is 1.23 bits per heavy atom. The van der Waals surface area contributed by atoms with E-state index in [0.29, 0.717) is 5.92 Å². The van der Waals surface area contributed by atoms with Crippen LogP contribution in [0, 0.1) is 22.0 Å². The molecule has 1 rings (SSSR count). The Hall–Kier alpha value is -0.600. The Kier molecular flexibility index (Phi) is 4.19. The van der Waals surface area contributed by atoms with Crippen molar-refractivity contribution in [2.45, 2.75) is 45.4 Å². The molecule has 3 heteroatoms. The lowest BCUT2D eigenvalue weighted by Crippen LogP contribution is -2.16. The summed E-state index contributed by atoms with van der Waals surface area (Å²) in [6.07, 6.45) is 7.09. The van der Waals surface area contributed by atoms with Gasteiger partial charge in [0.05, 0.1) is 0 Å². The van der Waals surface area contributed by atoms with Gasteiger partial charge in [-0.05, 0) is 24.7 Å². The summed E-state index contributed by atoms with van der Waals surface area (Å²) < 4.78 is 0. The van der Waals surface area contributed by atoms with E-state index >= 15 is 0 Å².